The quantitative estimate of drug-likeness (QED) is 0.544. The lowest BCUT2D eigenvalue weighted by molar-refractivity contribution is -0.0419. The van der Waals surface area contributed by atoms with Crippen LogP contribution in [0.1, 0.15) is 31.2 Å². The van der Waals surface area contributed by atoms with Crippen LogP contribution < -0.4 is 16.9 Å². The molecular weight excluding hydrogens is 348 g/mol. The average Bonchev–Trinajstić information content (AvgIpc) is 2.61. The van der Waals surface area contributed by atoms with E-state index >= 15 is 0 Å². The Hall–Kier alpha value is -2.67. The number of nitrogens with two attached hydrogens (primary N) is 2. The number of halogens is 2. The van der Waals surface area contributed by atoms with Gasteiger partial charge in [-0.3, -0.25) is 0 Å². The molecule has 27 heavy (non-hydrogen) atoms. The summed E-state index contributed by atoms with van der Waals surface area (Å²) in [5.41, 5.74) is 8.00. The van der Waals surface area contributed by atoms with Gasteiger partial charge in [-0.1, -0.05) is 18.7 Å². The molecule has 1 aromatic heterocycles. The molecule has 1 aromatic carbocycles. The summed E-state index contributed by atoms with van der Waals surface area (Å²) in [4.78, 5) is 4.41. The van der Waals surface area contributed by atoms with E-state index in [1.807, 2.05) is 24.3 Å². The number of pyridine rings is 1. The molecule has 0 atom stereocenters. The number of hydrogen-bond donors (Lipinski definition) is 3. The first kappa shape index (κ1) is 19.1. The smallest absolute Gasteiger partial charge is 0.248 e. The Balaban J connectivity index is 1.78. The summed E-state index contributed by atoms with van der Waals surface area (Å²) in [6.07, 6.45) is 3.92. The van der Waals surface area contributed by atoms with Crippen molar-refractivity contribution in [2.75, 3.05) is 12.4 Å². The molecule has 2 aromatic rings. The molecule has 0 aliphatic heterocycles. The van der Waals surface area contributed by atoms with Crippen LogP contribution in [0.2, 0.25) is 0 Å². The molecule has 0 amide bonds. The van der Waals surface area contributed by atoms with Crippen LogP contribution in [0, 0.1) is 5.92 Å². The Labute approximate surface area is 157 Å². The summed E-state index contributed by atoms with van der Waals surface area (Å²) >= 11 is 0. The third-order valence-corrected chi connectivity index (χ3v) is 5.05. The molecule has 0 bridgehead atoms. The van der Waals surface area contributed by atoms with Crippen LogP contribution in [0.15, 0.2) is 48.9 Å². The van der Waals surface area contributed by atoms with Crippen LogP contribution in [0.25, 0.3) is 16.5 Å². The van der Waals surface area contributed by atoms with Gasteiger partial charge < -0.3 is 16.1 Å². The highest BCUT2D eigenvalue weighted by Gasteiger charge is 2.35. The van der Waals surface area contributed by atoms with E-state index in [1.54, 1.807) is 13.2 Å². The van der Waals surface area contributed by atoms with Gasteiger partial charge in [0.1, 0.15) is 5.82 Å². The fourth-order valence-electron chi connectivity index (χ4n) is 3.44. The molecule has 3 rings (SSSR count). The molecule has 144 valence electrons. The lowest BCUT2D eigenvalue weighted by atomic mass is 9.85. The molecule has 0 unspecified atom stereocenters. The number of fused-ring (bicyclic) bond motifs is 1. The van der Waals surface area contributed by atoms with Gasteiger partial charge in [0.15, 0.2) is 0 Å². The molecule has 1 aliphatic rings. The van der Waals surface area contributed by atoms with Crippen molar-refractivity contribution < 1.29 is 8.78 Å². The highest BCUT2D eigenvalue weighted by molar-refractivity contribution is 5.87. The number of nitrogens with one attached hydrogen (secondary N) is 1. The maximum atomic E-state index is 13.3. The fourth-order valence-corrected chi connectivity index (χ4v) is 3.44. The minimum atomic E-state index is -2.54. The second kappa shape index (κ2) is 7.52. The molecule has 1 saturated carbocycles. The first-order valence-corrected chi connectivity index (χ1v) is 8.93. The lowest BCUT2D eigenvalue weighted by Gasteiger charge is -2.29. The van der Waals surface area contributed by atoms with E-state index < -0.39 is 5.92 Å². The van der Waals surface area contributed by atoms with Crippen molar-refractivity contribution in [2.24, 2.45) is 17.5 Å². The number of alkyl halides is 2. The van der Waals surface area contributed by atoms with Crippen LogP contribution in [0.4, 0.5) is 14.6 Å². The van der Waals surface area contributed by atoms with Crippen molar-refractivity contribution in [3.05, 3.63) is 54.5 Å². The van der Waals surface area contributed by atoms with Gasteiger partial charge >= 0.3 is 0 Å². The van der Waals surface area contributed by atoms with Gasteiger partial charge in [0.2, 0.25) is 5.92 Å². The van der Waals surface area contributed by atoms with E-state index in [2.05, 4.69) is 16.9 Å². The summed E-state index contributed by atoms with van der Waals surface area (Å²) in [6, 6.07) is 7.77. The Morgan fingerprint density at radius 2 is 2.00 bits per heavy atom. The largest absolute Gasteiger partial charge is 0.403 e. The standard InChI is InChI=1S/C20H25F2N5/c1-13(14-5-7-20(21,22)8-6-14)26-19-10-17-9-15(18(11-23)27(2)24)3-4-16(17)12-25-19/h3-4,9-12,14H,1,5-8,23-24H2,2H3,(H,25,26)/b18-11-. The normalized spacial score (nSPS) is 17.7. The molecule has 1 heterocycles. The van der Waals surface area contributed by atoms with Gasteiger partial charge in [-0.15, -0.1) is 0 Å². The number of allylic oxidation sites excluding steroid dienone is 1. The van der Waals surface area contributed by atoms with Crippen molar-refractivity contribution in [2.45, 2.75) is 31.6 Å². The number of benzene rings is 1. The van der Waals surface area contributed by atoms with Crippen molar-refractivity contribution in [3.8, 4) is 0 Å². The monoisotopic (exact) mass is 373 g/mol. The molecule has 0 saturated heterocycles. The van der Waals surface area contributed by atoms with Crippen molar-refractivity contribution in [1.82, 2.24) is 9.99 Å². The van der Waals surface area contributed by atoms with Gasteiger partial charge in [0.05, 0.1) is 5.70 Å². The summed E-state index contributed by atoms with van der Waals surface area (Å²) < 4.78 is 26.7. The molecule has 5 nitrogen and oxygen atoms in total. The summed E-state index contributed by atoms with van der Waals surface area (Å²) in [5.74, 6) is 3.95. The summed E-state index contributed by atoms with van der Waals surface area (Å²) in [6.45, 7) is 4.04. The van der Waals surface area contributed by atoms with Crippen LogP contribution in [0.3, 0.4) is 0 Å². The lowest BCUT2D eigenvalue weighted by Crippen LogP contribution is -2.26. The maximum Gasteiger partial charge on any atom is 0.248 e. The minimum absolute atomic E-state index is 0.0334. The number of anilines is 1. The van der Waals surface area contributed by atoms with Crippen molar-refractivity contribution in [3.63, 3.8) is 0 Å². The minimum Gasteiger partial charge on any atom is -0.403 e. The number of hydrazine groups is 1. The van der Waals surface area contributed by atoms with Crippen LogP contribution in [-0.2, 0) is 0 Å². The van der Waals surface area contributed by atoms with Crippen molar-refractivity contribution >= 4 is 22.3 Å². The number of nitrogens with zero attached hydrogens (tertiary/aromatic N) is 2. The zero-order chi connectivity index (χ0) is 19.6. The molecule has 5 N–H and O–H groups in total. The number of rotatable bonds is 5. The summed E-state index contributed by atoms with van der Waals surface area (Å²) in [7, 11) is 1.72. The first-order valence-electron chi connectivity index (χ1n) is 8.93. The third-order valence-electron chi connectivity index (χ3n) is 5.05. The van der Waals surface area contributed by atoms with E-state index in [0.717, 1.165) is 22.0 Å². The predicted octanol–water partition coefficient (Wildman–Crippen LogP) is 4.05. The Kier molecular flexibility index (Phi) is 5.32. The molecule has 1 fully saturated rings. The highest BCUT2D eigenvalue weighted by Crippen LogP contribution is 2.38. The van der Waals surface area contributed by atoms with Crippen LogP contribution in [-0.4, -0.2) is 23.0 Å². The number of aromatic nitrogens is 1. The Morgan fingerprint density at radius 3 is 2.63 bits per heavy atom. The predicted molar refractivity (Wildman–Crippen MR) is 106 cm³/mol. The van der Waals surface area contributed by atoms with E-state index in [0.29, 0.717) is 24.4 Å². The van der Waals surface area contributed by atoms with Gasteiger partial charge in [-0.2, -0.15) is 0 Å². The molecule has 0 spiro atoms. The third kappa shape index (κ3) is 4.36. The average molecular weight is 373 g/mol. The molecular formula is C20H25F2N5. The van der Waals surface area contributed by atoms with Crippen LogP contribution >= 0.6 is 0 Å². The maximum absolute atomic E-state index is 13.3. The molecule has 0 radical (unpaired) electrons. The van der Waals surface area contributed by atoms with E-state index in [1.165, 1.54) is 11.2 Å². The van der Waals surface area contributed by atoms with Gasteiger partial charge in [0.25, 0.3) is 0 Å². The molecule has 7 heteroatoms. The van der Waals surface area contributed by atoms with E-state index in [4.69, 9.17) is 11.6 Å². The van der Waals surface area contributed by atoms with Crippen molar-refractivity contribution in [1.29, 1.82) is 0 Å². The SMILES string of the molecule is C=C(Nc1cc2cc(/C(=C/N)N(C)N)ccc2cn1)C1CCC(F)(F)CC1. The highest BCUT2D eigenvalue weighted by atomic mass is 19.3. The zero-order valence-electron chi connectivity index (χ0n) is 15.4. The Morgan fingerprint density at radius 1 is 1.30 bits per heavy atom. The Bertz CT molecular complexity index is 866. The number of hydrogen-bond acceptors (Lipinski definition) is 5. The van der Waals surface area contributed by atoms with Gasteiger partial charge in [0, 0.05) is 48.9 Å². The van der Waals surface area contributed by atoms with Crippen LogP contribution in [0.5, 0.6) is 0 Å². The van der Waals surface area contributed by atoms with Gasteiger partial charge in [-0.25, -0.2) is 19.6 Å². The topological polar surface area (TPSA) is 80.2 Å². The first-order chi connectivity index (χ1) is 12.8. The molecule has 1 aliphatic carbocycles. The van der Waals surface area contributed by atoms with E-state index in [-0.39, 0.29) is 18.8 Å². The second-order valence-electron chi connectivity index (χ2n) is 7.07. The second-order valence-corrected chi connectivity index (χ2v) is 7.07. The summed E-state index contributed by atoms with van der Waals surface area (Å²) in [5, 5.41) is 6.59. The fraction of sp³-hybridized carbons (Fsp3) is 0.350. The zero-order valence-corrected chi connectivity index (χ0v) is 15.4. The van der Waals surface area contributed by atoms with E-state index in [9.17, 15) is 8.78 Å². The van der Waals surface area contributed by atoms with Gasteiger partial charge in [-0.05, 0) is 36.3 Å².